The molecular weight excluding hydrogens is 230 g/mol. The predicted octanol–water partition coefficient (Wildman–Crippen LogP) is 0.820. The van der Waals surface area contributed by atoms with Gasteiger partial charge in [-0.3, -0.25) is 0 Å². The van der Waals surface area contributed by atoms with Crippen LogP contribution < -0.4 is 16.2 Å². The number of nitrogens with two attached hydrogens (primary N) is 1. The third-order valence-electron chi connectivity index (χ3n) is 3.07. The molecule has 1 unspecified atom stereocenters. The van der Waals surface area contributed by atoms with E-state index in [4.69, 9.17) is 10.6 Å². The Bertz CT molecular complexity index is 430. The molecule has 6 nitrogen and oxygen atoms in total. The van der Waals surface area contributed by atoms with E-state index >= 15 is 0 Å². The van der Waals surface area contributed by atoms with Crippen LogP contribution in [0.25, 0.3) is 0 Å². The summed E-state index contributed by atoms with van der Waals surface area (Å²) in [7, 11) is 1.73. The number of rotatable bonds is 4. The van der Waals surface area contributed by atoms with Gasteiger partial charge in [0.05, 0.1) is 18.3 Å². The molecule has 3 N–H and O–H groups in total. The molecule has 1 aliphatic rings. The Balaban J connectivity index is 2.24. The zero-order valence-electron chi connectivity index (χ0n) is 10.8. The summed E-state index contributed by atoms with van der Waals surface area (Å²) < 4.78 is 5.43. The Morgan fingerprint density at radius 1 is 1.61 bits per heavy atom. The van der Waals surface area contributed by atoms with Gasteiger partial charge in [-0.2, -0.15) is 0 Å². The van der Waals surface area contributed by atoms with Gasteiger partial charge in [0.2, 0.25) is 0 Å². The highest BCUT2D eigenvalue weighted by Crippen LogP contribution is 2.29. The summed E-state index contributed by atoms with van der Waals surface area (Å²) >= 11 is 0. The zero-order valence-corrected chi connectivity index (χ0v) is 10.8. The molecule has 0 saturated carbocycles. The first-order valence-corrected chi connectivity index (χ1v) is 6.05. The van der Waals surface area contributed by atoms with Crippen molar-refractivity contribution < 1.29 is 4.74 Å². The average molecular weight is 249 g/mol. The van der Waals surface area contributed by atoms with E-state index < -0.39 is 0 Å². The van der Waals surface area contributed by atoms with Crippen LogP contribution in [0.5, 0.6) is 0 Å². The van der Waals surface area contributed by atoms with Crippen LogP contribution >= 0.6 is 0 Å². The number of ether oxygens (including phenoxy) is 1. The van der Waals surface area contributed by atoms with Crippen molar-refractivity contribution in [3.8, 4) is 0 Å². The molecule has 18 heavy (non-hydrogen) atoms. The van der Waals surface area contributed by atoms with E-state index in [2.05, 4.69) is 27.2 Å². The molecule has 0 spiro atoms. The number of nitrogens with one attached hydrogen (secondary N) is 1. The second kappa shape index (κ2) is 5.79. The lowest BCUT2D eigenvalue weighted by molar-refractivity contribution is 0.105. The van der Waals surface area contributed by atoms with Crippen molar-refractivity contribution in [1.82, 2.24) is 10.4 Å². The number of methoxy groups -OCH3 is 1. The number of anilines is 1. The monoisotopic (exact) mass is 249 g/mol. The molecule has 0 fully saturated rings. The fraction of sp³-hybridized carbons (Fsp3) is 0.500. The molecule has 0 saturated heterocycles. The number of hydrogen-bond donors (Lipinski definition) is 2. The van der Waals surface area contributed by atoms with E-state index in [9.17, 15) is 0 Å². The van der Waals surface area contributed by atoms with Crippen molar-refractivity contribution in [3.63, 3.8) is 0 Å². The fourth-order valence-corrected chi connectivity index (χ4v) is 2.01. The highest BCUT2D eigenvalue weighted by molar-refractivity contribution is 5.93. The van der Waals surface area contributed by atoms with Gasteiger partial charge in [-0.1, -0.05) is 6.92 Å². The molecular formula is C12H19N5O. The van der Waals surface area contributed by atoms with Gasteiger partial charge in [0, 0.05) is 19.9 Å². The van der Waals surface area contributed by atoms with E-state index in [1.165, 1.54) is 0 Å². The van der Waals surface area contributed by atoms with Crippen LogP contribution in [0.2, 0.25) is 0 Å². The Hall–Kier alpha value is -1.66. The molecule has 1 atom stereocenters. The lowest BCUT2D eigenvalue weighted by Crippen LogP contribution is -2.45. The molecule has 1 aromatic heterocycles. The summed E-state index contributed by atoms with van der Waals surface area (Å²) in [5.41, 5.74) is 3.63. The second-order valence-corrected chi connectivity index (χ2v) is 4.20. The normalized spacial score (nSPS) is 15.9. The van der Waals surface area contributed by atoms with Crippen LogP contribution in [0.1, 0.15) is 13.3 Å². The number of amidine groups is 1. The van der Waals surface area contributed by atoms with Gasteiger partial charge >= 0.3 is 0 Å². The van der Waals surface area contributed by atoms with E-state index in [1.807, 2.05) is 12.1 Å². The largest absolute Gasteiger partial charge is 0.380 e. The number of hydrogen-bond acceptors (Lipinski definition) is 6. The minimum atomic E-state index is 0.190. The van der Waals surface area contributed by atoms with Gasteiger partial charge in [-0.15, -0.1) is 0 Å². The Labute approximate surface area is 107 Å². The number of fused-ring (bicyclic) bond motifs is 1. The van der Waals surface area contributed by atoms with Crippen LogP contribution in [0.4, 0.5) is 11.5 Å². The Morgan fingerprint density at radius 2 is 2.44 bits per heavy atom. The maximum Gasteiger partial charge on any atom is 0.177 e. The van der Waals surface area contributed by atoms with Crippen molar-refractivity contribution in [2.45, 2.75) is 19.4 Å². The fourth-order valence-electron chi connectivity index (χ4n) is 2.01. The molecule has 0 bridgehead atoms. The number of hydrazine groups is 1. The van der Waals surface area contributed by atoms with E-state index in [0.29, 0.717) is 18.2 Å². The molecule has 1 aliphatic heterocycles. The van der Waals surface area contributed by atoms with Crippen LogP contribution in [0.3, 0.4) is 0 Å². The van der Waals surface area contributed by atoms with Crippen molar-refractivity contribution >= 4 is 17.3 Å². The summed E-state index contributed by atoms with van der Waals surface area (Å²) in [6.45, 7) is 3.56. The number of nitrogens with zero attached hydrogens (tertiary/aromatic N) is 3. The zero-order chi connectivity index (χ0) is 13.0. The highest BCUT2D eigenvalue weighted by Gasteiger charge is 2.21. The summed E-state index contributed by atoms with van der Waals surface area (Å²) in [6, 6.07) is 3.93. The lowest BCUT2D eigenvalue weighted by Gasteiger charge is -2.31. The molecule has 0 radical (unpaired) electrons. The molecule has 0 amide bonds. The third kappa shape index (κ3) is 2.60. The highest BCUT2D eigenvalue weighted by atomic mass is 16.5. The molecule has 0 aromatic carbocycles. The van der Waals surface area contributed by atoms with E-state index in [1.54, 1.807) is 13.3 Å². The molecule has 2 heterocycles. The first kappa shape index (κ1) is 12.8. The van der Waals surface area contributed by atoms with Crippen molar-refractivity contribution in [2.24, 2.45) is 10.8 Å². The quantitative estimate of drug-likeness (QED) is 0.610. The third-order valence-corrected chi connectivity index (χ3v) is 3.07. The standard InChI is InChI=1S/C12H19N5O/c1-3-9(18-2)7-17-8-11(16-13)15-12-10(17)5-4-6-14-12/h4-6,9H,3,7-8,13H2,1-2H3,(H,14,15,16). The van der Waals surface area contributed by atoms with Gasteiger partial charge in [-0.25, -0.2) is 15.8 Å². The smallest absolute Gasteiger partial charge is 0.177 e. The van der Waals surface area contributed by atoms with Gasteiger partial charge in [0.1, 0.15) is 5.84 Å². The van der Waals surface area contributed by atoms with Crippen LogP contribution in [0.15, 0.2) is 23.3 Å². The number of aliphatic imine (C=N–C) groups is 1. The molecule has 1 aromatic rings. The topological polar surface area (TPSA) is 75.8 Å². The first-order chi connectivity index (χ1) is 8.78. The van der Waals surface area contributed by atoms with Crippen molar-refractivity contribution in [3.05, 3.63) is 18.3 Å². The van der Waals surface area contributed by atoms with Gasteiger partial charge in [-0.05, 0) is 18.6 Å². The SMILES string of the molecule is CCC(CN1CC(NN)=Nc2ncccc21)OC. The Morgan fingerprint density at radius 3 is 3.11 bits per heavy atom. The average Bonchev–Trinajstić information content (AvgIpc) is 2.44. The minimum Gasteiger partial charge on any atom is -0.380 e. The maximum absolute atomic E-state index is 5.45. The van der Waals surface area contributed by atoms with Crippen LogP contribution in [-0.2, 0) is 4.74 Å². The molecule has 98 valence electrons. The van der Waals surface area contributed by atoms with E-state index in [-0.39, 0.29) is 6.10 Å². The predicted molar refractivity (Wildman–Crippen MR) is 72.0 cm³/mol. The van der Waals surface area contributed by atoms with Gasteiger partial charge < -0.3 is 15.1 Å². The summed E-state index contributed by atoms with van der Waals surface area (Å²) in [4.78, 5) is 10.8. The van der Waals surface area contributed by atoms with Crippen LogP contribution in [-0.4, -0.2) is 37.1 Å². The number of pyridine rings is 1. The van der Waals surface area contributed by atoms with Crippen LogP contribution in [0, 0.1) is 0 Å². The van der Waals surface area contributed by atoms with E-state index in [0.717, 1.165) is 18.7 Å². The second-order valence-electron chi connectivity index (χ2n) is 4.20. The molecule has 6 heteroatoms. The first-order valence-electron chi connectivity index (χ1n) is 6.05. The van der Waals surface area contributed by atoms with Gasteiger partial charge in [0.25, 0.3) is 0 Å². The summed E-state index contributed by atoms with van der Waals surface area (Å²) in [5.74, 6) is 6.86. The van der Waals surface area contributed by atoms with Crippen molar-refractivity contribution in [2.75, 3.05) is 25.1 Å². The summed E-state index contributed by atoms with van der Waals surface area (Å²) in [5, 5.41) is 0. The number of aromatic nitrogens is 1. The minimum absolute atomic E-state index is 0.190. The maximum atomic E-state index is 5.45. The van der Waals surface area contributed by atoms with Gasteiger partial charge in [0.15, 0.2) is 5.82 Å². The summed E-state index contributed by atoms with van der Waals surface area (Å²) in [6.07, 6.45) is 2.88. The molecule has 2 rings (SSSR count). The van der Waals surface area contributed by atoms with Crippen molar-refractivity contribution in [1.29, 1.82) is 0 Å². The lowest BCUT2D eigenvalue weighted by atomic mass is 10.2. The molecule has 0 aliphatic carbocycles. The Kier molecular flexibility index (Phi) is 4.11.